The third-order valence-electron chi connectivity index (χ3n) is 2.61. The van der Waals surface area contributed by atoms with Crippen molar-refractivity contribution >= 4 is 11.6 Å². The second kappa shape index (κ2) is 5.53. The zero-order valence-corrected chi connectivity index (χ0v) is 10.3. The molecule has 0 saturated heterocycles. The van der Waals surface area contributed by atoms with Gasteiger partial charge < -0.3 is 14.2 Å². The number of carboxylic acid groups (broad SMARTS) is 1. The van der Waals surface area contributed by atoms with Gasteiger partial charge in [0.1, 0.15) is 0 Å². The molecule has 0 fully saturated rings. The summed E-state index contributed by atoms with van der Waals surface area (Å²) in [5.41, 5.74) is 1.74. The average molecular weight is 248 g/mol. The van der Waals surface area contributed by atoms with Crippen molar-refractivity contribution in [1.29, 1.82) is 0 Å². The third kappa shape index (κ3) is 3.00. The van der Waals surface area contributed by atoms with E-state index in [1.807, 2.05) is 35.9 Å². The van der Waals surface area contributed by atoms with Gasteiger partial charge in [-0.1, -0.05) is 0 Å². The zero-order chi connectivity index (χ0) is 13.0. The average Bonchev–Trinajstić information content (AvgIpc) is 2.69. The van der Waals surface area contributed by atoms with Crippen LogP contribution in [0.4, 0.5) is 0 Å². The molecule has 18 heavy (non-hydrogen) atoms. The van der Waals surface area contributed by atoms with Crippen molar-refractivity contribution in [2.75, 3.05) is 6.61 Å². The standard InChI is InChI=1S/C13H16N2O3/c1-10-9-15-7-4-5-11(13(15)14-10)18-8-3-2-6-12(16)17/h4-5,7,9H,2-3,6,8H2,1H3,(H,16,17). The number of nitrogens with zero attached hydrogens (tertiary/aromatic N) is 2. The smallest absolute Gasteiger partial charge is 0.303 e. The second-order valence-corrected chi connectivity index (χ2v) is 4.18. The maximum absolute atomic E-state index is 10.4. The van der Waals surface area contributed by atoms with Gasteiger partial charge in [0.25, 0.3) is 0 Å². The van der Waals surface area contributed by atoms with Crippen LogP contribution >= 0.6 is 0 Å². The molecule has 0 aliphatic rings. The summed E-state index contributed by atoms with van der Waals surface area (Å²) in [6.45, 7) is 2.45. The minimum absolute atomic E-state index is 0.191. The first kappa shape index (κ1) is 12.4. The predicted molar refractivity (Wildman–Crippen MR) is 66.9 cm³/mol. The fraction of sp³-hybridized carbons (Fsp3) is 0.385. The van der Waals surface area contributed by atoms with Crippen LogP contribution in [0.25, 0.3) is 5.65 Å². The summed E-state index contributed by atoms with van der Waals surface area (Å²) in [6.07, 6.45) is 5.41. The van der Waals surface area contributed by atoms with E-state index in [2.05, 4.69) is 4.98 Å². The number of hydrogen-bond donors (Lipinski definition) is 1. The van der Waals surface area contributed by atoms with Gasteiger partial charge in [-0.05, 0) is 31.9 Å². The van der Waals surface area contributed by atoms with Gasteiger partial charge in [-0.15, -0.1) is 0 Å². The van der Waals surface area contributed by atoms with E-state index in [0.717, 1.165) is 23.5 Å². The number of imidazole rings is 1. The largest absolute Gasteiger partial charge is 0.490 e. The van der Waals surface area contributed by atoms with Crippen LogP contribution in [-0.2, 0) is 4.79 Å². The number of aliphatic carboxylic acids is 1. The van der Waals surface area contributed by atoms with Crippen LogP contribution in [0, 0.1) is 6.92 Å². The molecular formula is C13H16N2O3. The number of pyridine rings is 1. The molecule has 5 heteroatoms. The maximum atomic E-state index is 10.4. The molecule has 0 aliphatic heterocycles. The Morgan fingerprint density at radius 3 is 3.11 bits per heavy atom. The van der Waals surface area contributed by atoms with E-state index in [1.54, 1.807) is 0 Å². The highest BCUT2D eigenvalue weighted by Gasteiger charge is 2.05. The number of fused-ring (bicyclic) bond motifs is 1. The van der Waals surface area contributed by atoms with Gasteiger partial charge in [0.15, 0.2) is 11.4 Å². The molecule has 0 unspecified atom stereocenters. The molecule has 0 saturated carbocycles. The molecule has 2 rings (SSSR count). The second-order valence-electron chi connectivity index (χ2n) is 4.18. The summed E-state index contributed by atoms with van der Waals surface area (Å²) in [7, 11) is 0. The van der Waals surface area contributed by atoms with Gasteiger partial charge >= 0.3 is 5.97 Å². The Morgan fingerprint density at radius 2 is 2.33 bits per heavy atom. The van der Waals surface area contributed by atoms with Gasteiger partial charge in [0, 0.05) is 18.8 Å². The first-order valence-corrected chi connectivity index (χ1v) is 5.96. The van der Waals surface area contributed by atoms with Gasteiger partial charge in [0.2, 0.25) is 0 Å². The van der Waals surface area contributed by atoms with Gasteiger partial charge in [-0.25, -0.2) is 4.98 Å². The van der Waals surface area contributed by atoms with Crippen molar-refractivity contribution in [3.8, 4) is 5.75 Å². The van der Waals surface area contributed by atoms with Crippen LogP contribution in [0.3, 0.4) is 0 Å². The van der Waals surface area contributed by atoms with E-state index in [1.165, 1.54) is 0 Å². The molecule has 0 atom stereocenters. The lowest BCUT2D eigenvalue weighted by Gasteiger charge is -2.06. The summed E-state index contributed by atoms with van der Waals surface area (Å²) >= 11 is 0. The molecule has 0 amide bonds. The summed E-state index contributed by atoms with van der Waals surface area (Å²) in [5.74, 6) is -0.0260. The van der Waals surface area contributed by atoms with Crippen LogP contribution in [0.1, 0.15) is 25.0 Å². The van der Waals surface area contributed by atoms with Crippen LogP contribution in [0.15, 0.2) is 24.5 Å². The molecule has 2 aromatic rings. The number of carboxylic acids is 1. The van der Waals surface area contributed by atoms with Crippen LogP contribution in [0.5, 0.6) is 5.75 Å². The van der Waals surface area contributed by atoms with E-state index in [0.29, 0.717) is 13.0 Å². The minimum Gasteiger partial charge on any atom is -0.490 e. The van der Waals surface area contributed by atoms with Crippen molar-refractivity contribution in [1.82, 2.24) is 9.38 Å². The van der Waals surface area contributed by atoms with Crippen LogP contribution < -0.4 is 4.74 Å². The number of ether oxygens (including phenoxy) is 1. The Bertz CT molecular complexity index is 548. The fourth-order valence-corrected chi connectivity index (χ4v) is 1.78. The lowest BCUT2D eigenvalue weighted by molar-refractivity contribution is -0.137. The number of unbranched alkanes of at least 4 members (excludes halogenated alkanes) is 1. The Balaban J connectivity index is 1.93. The van der Waals surface area contributed by atoms with Gasteiger partial charge in [-0.3, -0.25) is 4.79 Å². The molecular weight excluding hydrogens is 232 g/mol. The van der Waals surface area contributed by atoms with E-state index < -0.39 is 5.97 Å². The Labute approximate surface area is 105 Å². The summed E-state index contributed by atoms with van der Waals surface area (Å²) < 4.78 is 7.56. The molecule has 0 aliphatic carbocycles. The first-order chi connectivity index (χ1) is 8.66. The quantitative estimate of drug-likeness (QED) is 0.796. The monoisotopic (exact) mass is 248 g/mol. The van der Waals surface area contributed by atoms with E-state index in [-0.39, 0.29) is 6.42 Å². The molecule has 0 spiro atoms. The molecule has 96 valence electrons. The Kier molecular flexibility index (Phi) is 3.82. The number of aromatic nitrogens is 2. The molecule has 1 N–H and O–H groups in total. The van der Waals surface area contributed by atoms with Crippen LogP contribution in [0.2, 0.25) is 0 Å². The highest BCUT2D eigenvalue weighted by Crippen LogP contribution is 2.19. The predicted octanol–water partition coefficient (Wildman–Crippen LogP) is 2.28. The molecule has 0 radical (unpaired) electrons. The van der Waals surface area contributed by atoms with Gasteiger partial charge in [-0.2, -0.15) is 0 Å². The van der Waals surface area contributed by atoms with Crippen LogP contribution in [-0.4, -0.2) is 27.1 Å². The van der Waals surface area contributed by atoms with Crippen molar-refractivity contribution < 1.29 is 14.6 Å². The first-order valence-electron chi connectivity index (χ1n) is 5.96. The molecule has 0 bridgehead atoms. The number of aryl methyl sites for hydroxylation is 1. The highest BCUT2D eigenvalue weighted by molar-refractivity contribution is 5.66. The SMILES string of the molecule is Cc1cn2cccc(OCCCCC(=O)O)c2n1. The van der Waals surface area contributed by atoms with E-state index in [9.17, 15) is 4.79 Å². The number of carbonyl (C=O) groups is 1. The number of rotatable bonds is 6. The third-order valence-corrected chi connectivity index (χ3v) is 2.61. The van der Waals surface area contributed by atoms with E-state index >= 15 is 0 Å². The number of hydrogen-bond acceptors (Lipinski definition) is 3. The molecule has 2 aromatic heterocycles. The maximum Gasteiger partial charge on any atom is 0.303 e. The Morgan fingerprint density at radius 1 is 1.50 bits per heavy atom. The lowest BCUT2D eigenvalue weighted by Crippen LogP contribution is -2.01. The summed E-state index contributed by atoms with van der Waals surface area (Å²) in [6, 6.07) is 3.78. The van der Waals surface area contributed by atoms with Gasteiger partial charge in [0.05, 0.1) is 12.3 Å². The fourth-order valence-electron chi connectivity index (χ4n) is 1.78. The van der Waals surface area contributed by atoms with Crippen molar-refractivity contribution in [3.63, 3.8) is 0 Å². The summed E-state index contributed by atoms with van der Waals surface area (Å²) in [4.78, 5) is 14.7. The van der Waals surface area contributed by atoms with Crippen molar-refractivity contribution in [3.05, 3.63) is 30.2 Å². The molecule has 5 nitrogen and oxygen atoms in total. The topological polar surface area (TPSA) is 63.8 Å². The minimum atomic E-state index is -0.763. The molecule has 0 aromatic carbocycles. The van der Waals surface area contributed by atoms with Crippen molar-refractivity contribution in [2.45, 2.75) is 26.2 Å². The molecule has 2 heterocycles. The summed E-state index contributed by atoms with van der Waals surface area (Å²) in [5, 5.41) is 8.52. The zero-order valence-electron chi connectivity index (χ0n) is 10.3. The van der Waals surface area contributed by atoms with Crippen molar-refractivity contribution in [2.24, 2.45) is 0 Å². The Hall–Kier alpha value is -2.04. The normalized spacial score (nSPS) is 10.7. The van der Waals surface area contributed by atoms with E-state index in [4.69, 9.17) is 9.84 Å². The lowest BCUT2D eigenvalue weighted by atomic mass is 10.2. The highest BCUT2D eigenvalue weighted by atomic mass is 16.5.